The zero-order valence-electron chi connectivity index (χ0n) is 17.4. The molecule has 31 heavy (non-hydrogen) atoms. The Labute approximate surface area is 184 Å². The van der Waals surface area contributed by atoms with Crippen LogP contribution in [0.2, 0.25) is 0 Å². The van der Waals surface area contributed by atoms with Crippen LogP contribution in [0.15, 0.2) is 64.8 Å². The highest BCUT2D eigenvalue weighted by Crippen LogP contribution is 2.27. The van der Waals surface area contributed by atoms with Crippen molar-refractivity contribution < 1.29 is 9.53 Å². The molecular weight excluding hydrogens is 410 g/mol. The van der Waals surface area contributed by atoms with Gasteiger partial charge in [-0.15, -0.1) is 11.3 Å². The molecule has 4 aromatic rings. The van der Waals surface area contributed by atoms with Gasteiger partial charge in [0.25, 0.3) is 5.56 Å². The van der Waals surface area contributed by atoms with Crippen LogP contribution in [0.5, 0.6) is 5.75 Å². The quantitative estimate of drug-likeness (QED) is 0.465. The SMILES string of the molecule is Cc1ccc(OCc2cc(=O)n3c(C)csc3n2)c(NC(=O)CCc2ccccc2)c1. The van der Waals surface area contributed by atoms with Gasteiger partial charge in [-0.1, -0.05) is 36.4 Å². The van der Waals surface area contributed by atoms with E-state index in [2.05, 4.69) is 10.3 Å². The van der Waals surface area contributed by atoms with Crippen LogP contribution in [0.4, 0.5) is 5.69 Å². The Morgan fingerprint density at radius 2 is 1.94 bits per heavy atom. The third-order valence-electron chi connectivity index (χ3n) is 4.90. The van der Waals surface area contributed by atoms with Crippen molar-refractivity contribution in [3.8, 4) is 5.75 Å². The van der Waals surface area contributed by atoms with Crippen LogP contribution < -0.4 is 15.6 Å². The number of nitrogens with zero attached hydrogens (tertiary/aromatic N) is 2. The van der Waals surface area contributed by atoms with Crippen molar-refractivity contribution >= 4 is 27.9 Å². The number of anilines is 1. The molecule has 0 saturated carbocycles. The molecule has 0 fully saturated rings. The van der Waals surface area contributed by atoms with E-state index in [0.717, 1.165) is 16.8 Å². The number of aryl methyl sites for hydroxylation is 3. The van der Waals surface area contributed by atoms with Gasteiger partial charge in [-0.25, -0.2) is 4.98 Å². The highest BCUT2D eigenvalue weighted by Gasteiger charge is 2.11. The largest absolute Gasteiger partial charge is 0.485 e. The molecule has 2 aromatic carbocycles. The first-order valence-corrected chi connectivity index (χ1v) is 10.9. The number of carbonyl (C=O) groups excluding carboxylic acids is 1. The molecule has 2 heterocycles. The van der Waals surface area contributed by atoms with E-state index in [1.165, 1.54) is 17.4 Å². The van der Waals surface area contributed by atoms with E-state index in [4.69, 9.17) is 4.74 Å². The smallest absolute Gasteiger partial charge is 0.259 e. The van der Waals surface area contributed by atoms with Crippen molar-refractivity contribution in [2.45, 2.75) is 33.3 Å². The number of benzene rings is 2. The molecular formula is C24H23N3O3S. The molecule has 0 spiro atoms. The summed E-state index contributed by atoms with van der Waals surface area (Å²) in [6.45, 7) is 3.97. The molecule has 1 N–H and O–H groups in total. The Bertz CT molecular complexity index is 1280. The number of thiazole rings is 1. The minimum absolute atomic E-state index is 0.0776. The van der Waals surface area contributed by atoms with E-state index in [1.54, 1.807) is 4.40 Å². The Morgan fingerprint density at radius 3 is 2.74 bits per heavy atom. The van der Waals surface area contributed by atoms with Crippen molar-refractivity contribution in [1.29, 1.82) is 0 Å². The number of nitrogens with one attached hydrogen (secondary N) is 1. The Kier molecular flexibility index (Phi) is 6.13. The number of hydrogen-bond donors (Lipinski definition) is 1. The number of fused-ring (bicyclic) bond motifs is 1. The fourth-order valence-electron chi connectivity index (χ4n) is 3.31. The van der Waals surface area contributed by atoms with Gasteiger partial charge in [-0.05, 0) is 43.5 Å². The maximum atomic E-state index is 12.5. The molecule has 6 nitrogen and oxygen atoms in total. The predicted molar refractivity (Wildman–Crippen MR) is 123 cm³/mol. The molecule has 7 heteroatoms. The van der Waals surface area contributed by atoms with Crippen molar-refractivity contribution in [3.05, 3.63) is 92.8 Å². The van der Waals surface area contributed by atoms with Crippen LogP contribution in [0, 0.1) is 13.8 Å². The summed E-state index contributed by atoms with van der Waals surface area (Å²) in [4.78, 5) is 30.0. The van der Waals surface area contributed by atoms with E-state index in [9.17, 15) is 9.59 Å². The van der Waals surface area contributed by atoms with E-state index in [1.807, 2.05) is 67.8 Å². The van der Waals surface area contributed by atoms with Crippen LogP contribution in [0.25, 0.3) is 4.96 Å². The molecule has 0 radical (unpaired) electrons. The second-order valence-corrected chi connectivity index (χ2v) is 8.24. The molecule has 0 atom stereocenters. The summed E-state index contributed by atoms with van der Waals surface area (Å²) < 4.78 is 7.51. The van der Waals surface area contributed by atoms with Gasteiger partial charge in [0.1, 0.15) is 12.4 Å². The van der Waals surface area contributed by atoms with Crippen LogP contribution in [0.3, 0.4) is 0 Å². The Morgan fingerprint density at radius 1 is 1.13 bits per heavy atom. The molecule has 1 amide bonds. The number of rotatable bonds is 7. The van der Waals surface area contributed by atoms with Crippen LogP contribution in [0.1, 0.15) is 28.9 Å². The van der Waals surface area contributed by atoms with Crippen molar-refractivity contribution in [2.24, 2.45) is 0 Å². The number of ether oxygens (including phenoxy) is 1. The molecule has 0 unspecified atom stereocenters. The van der Waals surface area contributed by atoms with Crippen LogP contribution in [-0.4, -0.2) is 15.3 Å². The van der Waals surface area contributed by atoms with Gasteiger partial charge >= 0.3 is 0 Å². The number of amides is 1. The second kappa shape index (κ2) is 9.14. The Balaban J connectivity index is 1.45. The summed E-state index contributed by atoms with van der Waals surface area (Å²) in [5.41, 5.74) is 4.04. The zero-order valence-corrected chi connectivity index (χ0v) is 18.2. The Hall–Kier alpha value is -3.45. The molecule has 0 aliphatic carbocycles. The standard InChI is InChI=1S/C24H23N3O3S/c1-16-8-10-21(20(12-16)26-22(28)11-9-18-6-4-3-5-7-18)30-14-19-13-23(29)27-17(2)15-31-24(27)25-19/h3-8,10,12-13,15H,9,11,14H2,1-2H3,(H,26,28). The summed E-state index contributed by atoms with van der Waals surface area (Å²) in [6, 6.07) is 17.0. The summed E-state index contributed by atoms with van der Waals surface area (Å²) in [5.74, 6) is 0.467. The van der Waals surface area contributed by atoms with Gasteiger partial charge in [0.05, 0.1) is 11.4 Å². The average Bonchev–Trinajstić information content (AvgIpc) is 3.13. The average molecular weight is 434 g/mol. The first kappa shape index (κ1) is 20.8. The lowest BCUT2D eigenvalue weighted by molar-refractivity contribution is -0.116. The summed E-state index contributed by atoms with van der Waals surface area (Å²) in [7, 11) is 0. The van der Waals surface area contributed by atoms with Crippen molar-refractivity contribution in [2.75, 3.05) is 5.32 Å². The first-order chi connectivity index (χ1) is 15.0. The van der Waals surface area contributed by atoms with E-state index in [-0.39, 0.29) is 18.1 Å². The zero-order chi connectivity index (χ0) is 21.8. The van der Waals surface area contributed by atoms with Gasteiger partial charge < -0.3 is 10.1 Å². The van der Waals surface area contributed by atoms with Gasteiger partial charge in [0.15, 0.2) is 4.96 Å². The molecule has 4 rings (SSSR count). The highest BCUT2D eigenvalue weighted by atomic mass is 32.1. The second-order valence-electron chi connectivity index (χ2n) is 7.40. The molecule has 0 aliphatic heterocycles. The van der Waals surface area contributed by atoms with Gasteiger partial charge in [-0.2, -0.15) is 0 Å². The lowest BCUT2D eigenvalue weighted by Gasteiger charge is -2.13. The summed E-state index contributed by atoms with van der Waals surface area (Å²) >= 11 is 1.42. The first-order valence-electron chi connectivity index (χ1n) is 10.0. The van der Waals surface area contributed by atoms with Crippen molar-refractivity contribution in [3.63, 3.8) is 0 Å². The predicted octanol–water partition coefficient (Wildman–Crippen LogP) is 4.52. The topological polar surface area (TPSA) is 72.7 Å². The summed E-state index contributed by atoms with van der Waals surface area (Å²) in [5, 5.41) is 4.85. The minimum Gasteiger partial charge on any atom is -0.485 e. The normalized spacial score (nSPS) is 10.9. The van der Waals surface area contributed by atoms with Gasteiger partial charge in [0, 0.05) is 23.6 Å². The highest BCUT2D eigenvalue weighted by molar-refractivity contribution is 7.15. The maximum Gasteiger partial charge on any atom is 0.259 e. The fourth-order valence-corrected chi connectivity index (χ4v) is 4.20. The van der Waals surface area contributed by atoms with E-state index in [0.29, 0.717) is 34.9 Å². The van der Waals surface area contributed by atoms with Gasteiger partial charge in [-0.3, -0.25) is 14.0 Å². The molecule has 0 bridgehead atoms. The molecule has 2 aromatic heterocycles. The lowest BCUT2D eigenvalue weighted by Crippen LogP contribution is -2.16. The minimum atomic E-state index is -0.124. The van der Waals surface area contributed by atoms with Gasteiger partial charge in [0.2, 0.25) is 5.91 Å². The number of aromatic nitrogens is 2. The molecule has 0 aliphatic rings. The molecule has 0 saturated heterocycles. The fraction of sp³-hybridized carbons (Fsp3) is 0.208. The lowest BCUT2D eigenvalue weighted by atomic mass is 10.1. The third kappa shape index (κ3) is 5.00. The summed E-state index contributed by atoms with van der Waals surface area (Å²) in [6.07, 6.45) is 1.05. The number of carbonyl (C=O) groups is 1. The van der Waals surface area contributed by atoms with E-state index < -0.39 is 0 Å². The van der Waals surface area contributed by atoms with E-state index >= 15 is 0 Å². The maximum absolute atomic E-state index is 12.5. The monoisotopic (exact) mass is 433 g/mol. The number of hydrogen-bond acceptors (Lipinski definition) is 5. The van der Waals surface area contributed by atoms with Crippen LogP contribution >= 0.6 is 11.3 Å². The van der Waals surface area contributed by atoms with Crippen LogP contribution in [-0.2, 0) is 17.8 Å². The molecule has 158 valence electrons. The third-order valence-corrected chi connectivity index (χ3v) is 5.84. The van der Waals surface area contributed by atoms with Crippen molar-refractivity contribution in [1.82, 2.24) is 9.38 Å².